The molecule has 1 fully saturated rings. The maximum atomic E-state index is 12.3. The number of hydrogen-bond donors (Lipinski definition) is 2. The van der Waals surface area contributed by atoms with Gasteiger partial charge in [0.1, 0.15) is 0 Å². The van der Waals surface area contributed by atoms with Gasteiger partial charge in [-0.1, -0.05) is 12.2 Å². The van der Waals surface area contributed by atoms with Crippen LogP contribution < -0.4 is 10.6 Å². The van der Waals surface area contributed by atoms with Crippen LogP contribution in [0, 0.1) is 5.92 Å². The zero-order chi connectivity index (χ0) is 15.3. The van der Waals surface area contributed by atoms with Crippen molar-refractivity contribution in [3.05, 3.63) is 12.2 Å². The molecule has 4 nitrogen and oxygen atoms in total. The van der Waals surface area contributed by atoms with Crippen molar-refractivity contribution in [3.8, 4) is 0 Å². The molecule has 1 saturated heterocycles. The van der Waals surface area contributed by atoms with Crippen molar-refractivity contribution in [1.29, 1.82) is 0 Å². The number of rotatable bonds is 4. The lowest BCUT2D eigenvalue weighted by Crippen LogP contribution is -2.44. The fourth-order valence-electron chi connectivity index (χ4n) is 2.84. The van der Waals surface area contributed by atoms with Crippen molar-refractivity contribution in [2.75, 3.05) is 33.2 Å². The number of nitrogens with zero attached hydrogens (tertiary/aromatic N) is 2. The molecule has 2 N–H and O–H groups in total. The first kappa shape index (κ1) is 19.5. The monoisotopic (exact) mass is 432 g/mol. The fourth-order valence-corrected chi connectivity index (χ4v) is 2.84. The summed E-state index contributed by atoms with van der Waals surface area (Å²) in [5.41, 5.74) is 0. The molecule has 1 heterocycles. The van der Waals surface area contributed by atoms with Gasteiger partial charge in [0.2, 0.25) is 0 Å². The smallest absolute Gasteiger partial charge is 0.356 e. The maximum absolute atomic E-state index is 12.3. The summed E-state index contributed by atoms with van der Waals surface area (Å²) < 4.78 is 37.0. The SMILES string of the molecule is CN=C(NCC1CCN(CC(F)(F)F)C1)NC1CC=CC1.I. The van der Waals surface area contributed by atoms with Crippen LogP contribution in [0.15, 0.2) is 17.1 Å². The zero-order valence-electron chi connectivity index (χ0n) is 12.7. The first-order valence-corrected chi connectivity index (χ1v) is 7.37. The average molecular weight is 432 g/mol. The van der Waals surface area contributed by atoms with Crippen LogP contribution >= 0.6 is 24.0 Å². The number of hydrogen-bond acceptors (Lipinski definition) is 2. The van der Waals surface area contributed by atoms with Gasteiger partial charge in [0, 0.05) is 26.2 Å². The van der Waals surface area contributed by atoms with E-state index in [1.54, 1.807) is 7.05 Å². The Balaban J connectivity index is 0.00000242. The highest BCUT2D eigenvalue weighted by molar-refractivity contribution is 14.0. The molecule has 1 unspecified atom stereocenters. The summed E-state index contributed by atoms with van der Waals surface area (Å²) in [6.07, 6.45) is 2.95. The second-order valence-corrected chi connectivity index (χ2v) is 5.74. The Kier molecular flexibility index (Phi) is 7.95. The summed E-state index contributed by atoms with van der Waals surface area (Å²) in [6, 6.07) is 0.376. The van der Waals surface area contributed by atoms with Crippen LogP contribution in [0.1, 0.15) is 19.3 Å². The first-order chi connectivity index (χ1) is 9.96. The van der Waals surface area contributed by atoms with Crippen molar-refractivity contribution in [3.63, 3.8) is 0 Å². The summed E-state index contributed by atoms with van der Waals surface area (Å²) in [4.78, 5) is 5.64. The van der Waals surface area contributed by atoms with Gasteiger partial charge in [-0.3, -0.25) is 9.89 Å². The highest BCUT2D eigenvalue weighted by Crippen LogP contribution is 2.22. The van der Waals surface area contributed by atoms with Crippen LogP contribution in [0.2, 0.25) is 0 Å². The van der Waals surface area contributed by atoms with Gasteiger partial charge in [-0.15, -0.1) is 24.0 Å². The lowest BCUT2D eigenvalue weighted by atomic mass is 10.1. The number of alkyl halides is 3. The van der Waals surface area contributed by atoms with Crippen molar-refractivity contribution >= 4 is 29.9 Å². The van der Waals surface area contributed by atoms with E-state index in [9.17, 15) is 13.2 Å². The molecule has 0 aromatic heterocycles. The van der Waals surface area contributed by atoms with Crippen molar-refractivity contribution in [1.82, 2.24) is 15.5 Å². The van der Waals surface area contributed by atoms with E-state index in [4.69, 9.17) is 0 Å². The molecule has 22 heavy (non-hydrogen) atoms. The van der Waals surface area contributed by atoms with Gasteiger partial charge in [-0.2, -0.15) is 13.2 Å². The second kappa shape index (κ2) is 8.95. The number of likely N-dealkylation sites (tertiary alicyclic amines) is 1. The summed E-state index contributed by atoms with van der Waals surface area (Å²) >= 11 is 0. The summed E-state index contributed by atoms with van der Waals surface area (Å²) in [5, 5.41) is 6.55. The third-order valence-electron chi connectivity index (χ3n) is 3.90. The Bertz CT molecular complexity index is 390. The average Bonchev–Trinajstić information content (AvgIpc) is 3.04. The predicted molar refractivity (Wildman–Crippen MR) is 92.7 cm³/mol. The molecule has 0 spiro atoms. The Hall–Kier alpha value is -0.510. The van der Waals surface area contributed by atoms with E-state index >= 15 is 0 Å². The van der Waals surface area contributed by atoms with Gasteiger partial charge in [0.25, 0.3) is 0 Å². The number of aliphatic imine (C=N–C) groups is 1. The third kappa shape index (κ3) is 6.72. The van der Waals surface area contributed by atoms with Crippen LogP contribution in [0.5, 0.6) is 0 Å². The highest BCUT2D eigenvalue weighted by atomic mass is 127. The molecule has 0 aromatic rings. The van der Waals surface area contributed by atoms with E-state index in [0.717, 1.165) is 25.2 Å². The van der Waals surface area contributed by atoms with Crippen molar-refractivity contribution < 1.29 is 13.2 Å². The molecule has 0 aromatic carbocycles. The fraction of sp³-hybridized carbons (Fsp3) is 0.786. The van der Waals surface area contributed by atoms with E-state index in [0.29, 0.717) is 25.7 Å². The molecular formula is C14H24F3IN4. The second-order valence-electron chi connectivity index (χ2n) is 5.74. The van der Waals surface area contributed by atoms with Crippen LogP contribution in [0.3, 0.4) is 0 Å². The Morgan fingerprint density at radius 1 is 1.32 bits per heavy atom. The molecule has 1 aliphatic carbocycles. The van der Waals surface area contributed by atoms with Crippen molar-refractivity contribution in [2.45, 2.75) is 31.5 Å². The van der Waals surface area contributed by atoms with Crippen molar-refractivity contribution in [2.24, 2.45) is 10.9 Å². The molecule has 1 atom stereocenters. The topological polar surface area (TPSA) is 39.7 Å². The zero-order valence-corrected chi connectivity index (χ0v) is 15.0. The molecule has 0 saturated carbocycles. The van der Waals surface area contributed by atoms with E-state index in [1.165, 1.54) is 4.90 Å². The molecule has 0 amide bonds. The molecule has 0 radical (unpaired) electrons. The molecule has 2 aliphatic rings. The van der Waals surface area contributed by atoms with Gasteiger partial charge >= 0.3 is 6.18 Å². The van der Waals surface area contributed by atoms with Gasteiger partial charge in [0.15, 0.2) is 5.96 Å². The Morgan fingerprint density at radius 2 is 2.00 bits per heavy atom. The normalized spacial score (nSPS) is 23.6. The molecule has 1 aliphatic heterocycles. The largest absolute Gasteiger partial charge is 0.401 e. The molecule has 128 valence electrons. The van der Waals surface area contributed by atoms with Gasteiger partial charge in [0.05, 0.1) is 6.54 Å². The van der Waals surface area contributed by atoms with Crippen LogP contribution in [-0.2, 0) is 0 Å². The first-order valence-electron chi connectivity index (χ1n) is 7.37. The lowest BCUT2D eigenvalue weighted by molar-refractivity contribution is -0.143. The highest BCUT2D eigenvalue weighted by Gasteiger charge is 2.34. The minimum atomic E-state index is -4.10. The van der Waals surface area contributed by atoms with Crippen LogP contribution in [0.4, 0.5) is 13.2 Å². The van der Waals surface area contributed by atoms with Gasteiger partial charge in [-0.05, 0) is 31.7 Å². The molecule has 0 bridgehead atoms. The standard InChI is InChI=1S/C14H23F3N4.HI/c1-18-13(20-12-4-2-3-5-12)19-8-11-6-7-21(9-11)10-14(15,16)17;/h2-3,11-12H,4-10H2,1H3,(H2,18,19,20);1H. The lowest BCUT2D eigenvalue weighted by Gasteiger charge is -2.20. The van der Waals surface area contributed by atoms with E-state index in [1.807, 2.05) is 0 Å². The van der Waals surface area contributed by atoms with Gasteiger partial charge < -0.3 is 10.6 Å². The number of guanidine groups is 1. The summed E-state index contributed by atoms with van der Waals surface area (Å²) in [5.74, 6) is 0.977. The summed E-state index contributed by atoms with van der Waals surface area (Å²) in [7, 11) is 1.71. The van der Waals surface area contributed by atoms with E-state index in [2.05, 4.69) is 27.8 Å². The van der Waals surface area contributed by atoms with E-state index in [-0.39, 0.29) is 29.9 Å². The predicted octanol–water partition coefficient (Wildman–Crippen LogP) is 2.37. The molecule has 2 rings (SSSR count). The number of halogens is 4. The van der Waals surface area contributed by atoms with Crippen LogP contribution in [-0.4, -0.2) is 56.3 Å². The maximum Gasteiger partial charge on any atom is 0.401 e. The number of nitrogens with one attached hydrogen (secondary N) is 2. The summed E-state index contributed by atoms with van der Waals surface area (Å²) in [6.45, 7) is 0.872. The third-order valence-corrected chi connectivity index (χ3v) is 3.90. The minimum absolute atomic E-state index is 0. The van der Waals surface area contributed by atoms with E-state index < -0.39 is 12.7 Å². The Labute approximate surface area is 146 Å². The molecular weight excluding hydrogens is 408 g/mol. The quantitative estimate of drug-likeness (QED) is 0.310. The van der Waals surface area contributed by atoms with Gasteiger partial charge in [-0.25, -0.2) is 0 Å². The Morgan fingerprint density at radius 3 is 2.59 bits per heavy atom. The van der Waals surface area contributed by atoms with Crippen LogP contribution in [0.25, 0.3) is 0 Å². The molecule has 8 heteroatoms. The minimum Gasteiger partial charge on any atom is -0.356 e.